The first-order valence-corrected chi connectivity index (χ1v) is 17.2. The molecular weight excluding hydrogens is 454 g/mol. The topological polar surface area (TPSA) is 40.5 Å². The smallest absolute Gasteiger partial charge is 0.222 e. The molecule has 3 heteroatoms. The molecule has 3 nitrogen and oxygen atoms in total. The van der Waals surface area contributed by atoms with Crippen molar-refractivity contribution in [1.29, 1.82) is 0 Å². The second kappa shape index (κ2) is 28.4. The number of unbranched alkanes of at least 4 members (excludes halogenated alkanes) is 27. The number of hydrogen-bond acceptors (Lipinski definition) is 2. The number of hydrogen-bond donors (Lipinski definition) is 1. The molecule has 37 heavy (non-hydrogen) atoms. The lowest BCUT2D eigenvalue weighted by atomic mass is 10.0. The molecular formula is C34H67NO2. The van der Waals surface area contributed by atoms with Gasteiger partial charge in [0.05, 0.1) is 0 Å². The van der Waals surface area contributed by atoms with Gasteiger partial charge in [0.25, 0.3) is 0 Å². The Morgan fingerprint density at radius 3 is 0.946 bits per heavy atom. The minimum atomic E-state index is 0.369. The third-order valence-electron chi connectivity index (χ3n) is 8.51. The van der Waals surface area contributed by atoms with Gasteiger partial charge in [0, 0.05) is 26.1 Å². The van der Waals surface area contributed by atoms with Gasteiger partial charge in [-0.15, -0.1) is 0 Å². The Kier molecular flexibility index (Phi) is 26.5. The van der Waals surface area contributed by atoms with Crippen molar-refractivity contribution >= 4 is 5.91 Å². The van der Waals surface area contributed by atoms with Crippen LogP contribution in [-0.2, 0) is 4.79 Å². The number of aliphatic hydroxyl groups excluding tert-OH is 1. The number of rotatable bonds is 30. The van der Waals surface area contributed by atoms with Gasteiger partial charge >= 0.3 is 0 Å². The number of aliphatic hydroxyl groups is 1. The quantitative estimate of drug-likeness (QED) is 0.0955. The number of carbonyl (C=O) groups excluding carboxylic acids is 1. The Hall–Kier alpha value is -0.570. The molecule has 0 saturated carbocycles. The van der Waals surface area contributed by atoms with E-state index in [1.165, 1.54) is 173 Å². The van der Waals surface area contributed by atoms with E-state index in [1.807, 2.05) is 0 Å². The van der Waals surface area contributed by atoms with Crippen LogP contribution in [0.4, 0.5) is 0 Å². The van der Waals surface area contributed by atoms with E-state index in [0.29, 0.717) is 12.5 Å². The number of likely N-dealkylation sites (tertiary alicyclic amines) is 1. The van der Waals surface area contributed by atoms with E-state index in [1.54, 1.807) is 0 Å². The zero-order chi connectivity index (χ0) is 26.5. The highest BCUT2D eigenvalue weighted by Crippen LogP contribution is 2.17. The molecule has 0 spiro atoms. The summed E-state index contributed by atoms with van der Waals surface area (Å²) in [5.41, 5.74) is 0. The van der Waals surface area contributed by atoms with Crippen LogP contribution in [0.5, 0.6) is 0 Å². The van der Waals surface area contributed by atoms with Gasteiger partial charge in [-0.3, -0.25) is 4.79 Å². The predicted octanol–water partition coefficient (Wildman–Crippen LogP) is 10.5. The summed E-state index contributed by atoms with van der Waals surface area (Å²) in [6.45, 7) is 2.39. The normalized spacial score (nSPS) is 13.8. The van der Waals surface area contributed by atoms with Gasteiger partial charge in [-0.05, 0) is 19.3 Å². The minimum absolute atomic E-state index is 0.369. The summed E-state index contributed by atoms with van der Waals surface area (Å²) >= 11 is 0. The minimum Gasteiger partial charge on any atom is -0.396 e. The van der Waals surface area contributed by atoms with Crippen LogP contribution in [0.15, 0.2) is 0 Å². The van der Waals surface area contributed by atoms with Crippen molar-refractivity contribution in [2.75, 3.05) is 19.7 Å². The maximum Gasteiger partial charge on any atom is 0.222 e. The first-order valence-electron chi connectivity index (χ1n) is 17.2. The first kappa shape index (κ1) is 34.5. The van der Waals surface area contributed by atoms with Crippen LogP contribution in [0.25, 0.3) is 0 Å². The van der Waals surface area contributed by atoms with Crippen LogP contribution in [-0.4, -0.2) is 35.6 Å². The standard InChI is InChI=1S/C34H67NO2/c36-33-28-26-24-22-20-18-16-14-12-10-8-6-4-2-1-3-5-7-9-11-13-15-17-19-21-23-25-27-31-35-32-29-30-34(35)37/h36H,1-33H2. The summed E-state index contributed by atoms with van der Waals surface area (Å²) in [6, 6.07) is 0. The summed E-state index contributed by atoms with van der Waals surface area (Å²) in [4.78, 5) is 13.7. The third kappa shape index (κ3) is 24.2. The number of nitrogens with zero attached hydrogens (tertiary/aromatic N) is 1. The summed E-state index contributed by atoms with van der Waals surface area (Å²) in [7, 11) is 0. The Balaban J connectivity index is 1.62. The lowest BCUT2D eigenvalue weighted by molar-refractivity contribution is -0.127. The fourth-order valence-electron chi connectivity index (χ4n) is 5.95. The van der Waals surface area contributed by atoms with Gasteiger partial charge in [-0.2, -0.15) is 0 Å². The van der Waals surface area contributed by atoms with Crippen LogP contribution < -0.4 is 0 Å². The van der Waals surface area contributed by atoms with Crippen molar-refractivity contribution in [3.05, 3.63) is 0 Å². The van der Waals surface area contributed by atoms with E-state index in [9.17, 15) is 4.79 Å². The van der Waals surface area contributed by atoms with E-state index in [4.69, 9.17) is 5.11 Å². The largest absolute Gasteiger partial charge is 0.396 e. The third-order valence-corrected chi connectivity index (χ3v) is 8.51. The molecule has 0 aromatic rings. The van der Waals surface area contributed by atoms with E-state index < -0.39 is 0 Å². The van der Waals surface area contributed by atoms with E-state index in [2.05, 4.69) is 4.90 Å². The predicted molar refractivity (Wildman–Crippen MR) is 162 cm³/mol. The van der Waals surface area contributed by atoms with Gasteiger partial charge in [0.2, 0.25) is 5.91 Å². The number of carbonyl (C=O) groups is 1. The van der Waals surface area contributed by atoms with Crippen LogP contribution in [0.1, 0.15) is 193 Å². The Morgan fingerprint density at radius 1 is 0.432 bits per heavy atom. The molecule has 1 amide bonds. The Labute approximate surface area is 232 Å². The molecule has 1 heterocycles. The van der Waals surface area contributed by atoms with Crippen LogP contribution in [0, 0.1) is 0 Å². The fraction of sp³-hybridized carbons (Fsp3) is 0.971. The molecule has 1 N–H and O–H groups in total. The molecule has 1 fully saturated rings. The SMILES string of the molecule is O=C1CCCN1CCCCCCCCCCCCCCCCCCCCCCCCCCCCCCO. The van der Waals surface area contributed by atoms with Crippen molar-refractivity contribution < 1.29 is 9.90 Å². The molecule has 0 aromatic carbocycles. The Morgan fingerprint density at radius 2 is 0.703 bits per heavy atom. The van der Waals surface area contributed by atoms with Crippen LogP contribution in [0.2, 0.25) is 0 Å². The van der Waals surface area contributed by atoms with Gasteiger partial charge in [0.15, 0.2) is 0 Å². The van der Waals surface area contributed by atoms with Crippen molar-refractivity contribution in [3.63, 3.8) is 0 Å². The zero-order valence-corrected chi connectivity index (χ0v) is 25.1. The van der Waals surface area contributed by atoms with E-state index in [-0.39, 0.29) is 0 Å². The van der Waals surface area contributed by atoms with E-state index >= 15 is 0 Å². The van der Waals surface area contributed by atoms with Gasteiger partial charge < -0.3 is 10.0 Å². The summed E-state index contributed by atoms with van der Waals surface area (Å²) in [6.07, 6.45) is 41.0. The molecule has 0 radical (unpaired) electrons. The highest BCUT2D eigenvalue weighted by molar-refractivity contribution is 5.77. The molecule has 0 bridgehead atoms. The molecule has 0 unspecified atom stereocenters. The average molecular weight is 522 g/mol. The molecule has 1 rings (SSSR count). The molecule has 1 aliphatic heterocycles. The van der Waals surface area contributed by atoms with Crippen LogP contribution >= 0.6 is 0 Å². The maximum atomic E-state index is 11.6. The molecule has 0 atom stereocenters. The van der Waals surface area contributed by atoms with Crippen molar-refractivity contribution in [3.8, 4) is 0 Å². The van der Waals surface area contributed by atoms with Gasteiger partial charge in [-0.25, -0.2) is 0 Å². The number of amides is 1. The van der Waals surface area contributed by atoms with Crippen molar-refractivity contribution in [2.24, 2.45) is 0 Å². The highest BCUT2D eigenvalue weighted by Gasteiger charge is 2.18. The molecule has 1 aliphatic rings. The molecule has 0 aliphatic carbocycles. The maximum absolute atomic E-state index is 11.6. The second-order valence-corrected chi connectivity index (χ2v) is 12.1. The van der Waals surface area contributed by atoms with Crippen LogP contribution in [0.3, 0.4) is 0 Å². The molecule has 1 saturated heterocycles. The molecule has 220 valence electrons. The highest BCUT2D eigenvalue weighted by atomic mass is 16.2. The molecule has 0 aromatic heterocycles. The first-order chi connectivity index (χ1) is 18.3. The van der Waals surface area contributed by atoms with Crippen molar-refractivity contribution in [2.45, 2.75) is 193 Å². The van der Waals surface area contributed by atoms with Gasteiger partial charge in [-0.1, -0.05) is 167 Å². The monoisotopic (exact) mass is 522 g/mol. The lowest BCUT2D eigenvalue weighted by Crippen LogP contribution is -2.25. The van der Waals surface area contributed by atoms with Crippen molar-refractivity contribution in [1.82, 2.24) is 4.90 Å². The summed E-state index contributed by atoms with van der Waals surface area (Å²) < 4.78 is 0. The van der Waals surface area contributed by atoms with E-state index in [0.717, 1.165) is 32.4 Å². The van der Waals surface area contributed by atoms with Gasteiger partial charge in [0.1, 0.15) is 0 Å². The average Bonchev–Trinajstić information content (AvgIpc) is 3.32. The Bertz CT molecular complexity index is 467. The second-order valence-electron chi connectivity index (χ2n) is 12.1. The summed E-state index contributed by atoms with van der Waals surface area (Å²) in [5.74, 6) is 0.385. The lowest BCUT2D eigenvalue weighted by Gasteiger charge is -2.14. The zero-order valence-electron chi connectivity index (χ0n) is 25.1. The summed E-state index contributed by atoms with van der Waals surface area (Å²) in [5, 5.41) is 8.78. The fourth-order valence-corrected chi connectivity index (χ4v) is 5.95.